The van der Waals surface area contributed by atoms with Gasteiger partial charge in [0.2, 0.25) is 5.95 Å². The van der Waals surface area contributed by atoms with E-state index in [1.165, 1.54) is 31.3 Å². The molecule has 2 aromatic rings. The SMILES string of the molecule is Cc1cccc(C)c1NC(=O)c1ccnc(NCCC2=CCCCC2)n1. The smallest absolute Gasteiger partial charge is 0.274 e. The van der Waals surface area contributed by atoms with Crippen molar-refractivity contribution < 1.29 is 4.79 Å². The minimum atomic E-state index is -0.220. The van der Waals surface area contributed by atoms with E-state index in [2.05, 4.69) is 26.7 Å². The lowest BCUT2D eigenvalue weighted by molar-refractivity contribution is 0.102. The van der Waals surface area contributed by atoms with E-state index in [1.54, 1.807) is 12.3 Å². The van der Waals surface area contributed by atoms with Crippen molar-refractivity contribution in [1.82, 2.24) is 9.97 Å². The maximum atomic E-state index is 12.6. The summed E-state index contributed by atoms with van der Waals surface area (Å²) in [5.41, 5.74) is 4.78. The highest BCUT2D eigenvalue weighted by Crippen LogP contribution is 2.21. The number of allylic oxidation sites excluding steroid dienone is 1. The highest BCUT2D eigenvalue weighted by molar-refractivity contribution is 6.03. The number of benzene rings is 1. The zero-order valence-corrected chi connectivity index (χ0v) is 15.5. The summed E-state index contributed by atoms with van der Waals surface area (Å²) >= 11 is 0. The second kappa shape index (κ2) is 8.61. The Bertz CT molecular complexity index is 793. The van der Waals surface area contributed by atoms with Crippen molar-refractivity contribution in [2.24, 2.45) is 0 Å². The Morgan fingerprint density at radius 3 is 2.69 bits per heavy atom. The highest BCUT2D eigenvalue weighted by atomic mass is 16.1. The molecule has 26 heavy (non-hydrogen) atoms. The molecule has 1 aliphatic carbocycles. The highest BCUT2D eigenvalue weighted by Gasteiger charge is 2.12. The average Bonchev–Trinajstić information content (AvgIpc) is 2.66. The van der Waals surface area contributed by atoms with Crippen molar-refractivity contribution in [2.45, 2.75) is 46.0 Å². The first kappa shape index (κ1) is 18.1. The quantitative estimate of drug-likeness (QED) is 0.744. The molecule has 1 amide bonds. The van der Waals surface area contributed by atoms with Crippen molar-refractivity contribution in [2.75, 3.05) is 17.2 Å². The molecule has 1 aliphatic rings. The van der Waals surface area contributed by atoms with Gasteiger partial charge in [-0.15, -0.1) is 0 Å². The fourth-order valence-corrected chi connectivity index (χ4v) is 3.23. The van der Waals surface area contributed by atoms with Crippen molar-refractivity contribution in [3.63, 3.8) is 0 Å². The third-order valence-electron chi connectivity index (χ3n) is 4.72. The van der Waals surface area contributed by atoms with Crippen molar-refractivity contribution in [3.8, 4) is 0 Å². The number of rotatable bonds is 6. The lowest BCUT2D eigenvalue weighted by Gasteiger charge is -2.13. The van der Waals surface area contributed by atoms with Crippen LogP contribution in [0.3, 0.4) is 0 Å². The minimum absolute atomic E-state index is 0.220. The monoisotopic (exact) mass is 350 g/mol. The number of hydrogen-bond donors (Lipinski definition) is 2. The molecule has 0 aliphatic heterocycles. The molecule has 2 N–H and O–H groups in total. The molecule has 1 aromatic heterocycles. The topological polar surface area (TPSA) is 66.9 Å². The normalized spacial score (nSPS) is 13.8. The zero-order chi connectivity index (χ0) is 18.4. The third kappa shape index (κ3) is 4.69. The van der Waals surface area contributed by atoms with E-state index >= 15 is 0 Å². The predicted octanol–water partition coefficient (Wildman–Crippen LogP) is 4.65. The van der Waals surface area contributed by atoms with Crippen LogP contribution in [-0.4, -0.2) is 22.4 Å². The van der Waals surface area contributed by atoms with Gasteiger partial charge in [0, 0.05) is 18.4 Å². The Labute approximate surface area is 155 Å². The Hall–Kier alpha value is -2.69. The van der Waals surface area contributed by atoms with Crippen molar-refractivity contribution >= 4 is 17.5 Å². The lowest BCUT2D eigenvalue weighted by Crippen LogP contribution is -2.17. The molecule has 0 bridgehead atoms. The summed E-state index contributed by atoms with van der Waals surface area (Å²) in [4.78, 5) is 21.1. The van der Waals surface area contributed by atoms with Crippen LogP contribution in [-0.2, 0) is 0 Å². The Balaban J connectivity index is 1.61. The van der Waals surface area contributed by atoms with Gasteiger partial charge in [-0.1, -0.05) is 29.8 Å². The molecule has 0 fully saturated rings. The first-order chi connectivity index (χ1) is 12.6. The molecular weight excluding hydrogens is 324 g/mol. The van der Waals surface area contributed by atoms with E-state index in [0.717, 1.165) is 29.8 Å². The van der Waals surface area contributed by atoms with Crippen LogP contribution in [0.25, 0.3) is 0 Å². The number of nitrogens with zero attached hydrogens (tertiary/aromatic N) is 2. The van der Waals surface area contributed by atoms with E-state index in [-0.39, 0.29) is 5.91 Å². The number of carbonyl (C=O) groups excluding carboxylic acids is 1. The predicted molar refractivity (Wildman–Crippen MR) is 106 cm³/mol. The van der Waals surface area contributed by atoms with E-state index in [9.17, 15) is 4.79 Å². The number of aromatic nitrogens is 2. The standard InChI is InChI=1S/C21H26N4O/c1-15-7-6-8-16(2)19(15)25-20(26)18-12-14-23-21(24-18)22-13-11-17-9-4-3-5-10-17/h6-9,12,14H,3-5,10-11,13H2,1-2H3,(H,25,26)(H,22,23,24). The first-order valence-corrected chi connectivity index (χ1v) is 9.26. The summed E-state index contributed by atoms with van der Waals surface area (Å²) in [7, 11) is 0. The molecule has 0 atom stereocenters. The molecule has 0 saturated heterocycles. The van der Waals surface area contributed by atoms with E-state index in [4.69, 9.17) is 0 Å². The van der Waals surface area contributed by atoms with Crippen LogP contribution in [0.2, 0.25) is 0 Å². The van der Waals surface area contributed by atoms with E-state index in [1.807, 2.05) is 32.0 Å². The Morgan fingerprint density at radius 1 is 1.15 bits per heavy atom. The number of hydrogen-bond acceptors (Lipinski definition) is 4. The molecular formula is C21H26N4O. The number of anilines is 2. The summed E-state index contributed by atoms with van der Waals surface area (Å²) in [5, 5.41) is 6.19. The van der Waals surface area contributed by atoms with Crippen molar-refractivity contribution in [1.29, 1.82) is 0 Å². The molecule has 0 spiro atoms. The van der Waals surface area contributed by atoms with E-state index < -0.39 is 0 Å². The molecule has 0 unspecified atom stereocenters. The van der Waals surface area contributed by atoms with Crippen LogP contribution in [0.4, 0.5) is 11.6 Å². The molecule has 5 heteroatoms. The largest absolute Gasteiger partial charge is 0.354 e. The molecule has 0 radical (unpaired) electrons. The molecule has 1 aromatic carbocycles. The third-order valence-corrected chi connectivity index (χ3v) is 4.72. The minimum Gasteiger partial charge on any atom is -0.354 e. The van der Waals surface area contributed by atoms with Gasteiger partial charge >= 0.3 is 0 Å². The van der Waals surface area contributed by atoms with E-state index in [0.29, 0.717) is 11.6 Å². The van der Waals surface area contributed by atoms with Gasteiger partial charge in [-0.3, -0.25) is 4.79 Å². The summed E-state index contributed by atoms with van der Waals surface area (Å²) in [6.45, 7) is 4.75. The summed E-state index contributed by atoms with van der Waals surface area (Å²) in [6.07, 6.45) is 9.95. The van der Waals surface area contributed by atoms with Gasteiger partial charge in [-0.2, -0.15) is 0 Å². The van der Waals surface area contributed by atoms with Gasteiger partial charge in [0.15, 0.2) is 0 Å². The summed E-state index contributed by atoms with van der Waals surface area (Å²) < 4.78 is 0. The number of carbonyl (C=O) groups is 1. The molecule has 136 valence electrons. The first-order valence-electron chi connectivity index (χ1n) is 9.26. The summed E-state index contributed by atoms with van der Waals surface area (Å²) in [6, 6.07) is 7.58. The number of para-hydroxylation sites is 1. The second-order valence-corrected chi connectivity index (χ2v) is 6.77. The maximum Gasteiger partial charge on any atom is 0.274 e. The van der Waals surface area contributed by atoms with Crippen LogP contribution in [0.5, 0.6) is 0 Å². The molecule has 0 saturated carbocycles. The van der Waals surface area contributed by atoms with Crippen LogP contribution in [0, 0.1) is 13.8 Å². The fraction of sp³-hybridized carbons (Fsp3) is 0.381. The van der Waals surface area contributed by atoms with Crippen LogP contribution in [0.15, 0.2) is 42.1 Å². The molecule has 3 rings (SSSR count). The molecule has 5 nitrogen and oxygen atoms in total. The van der Waals surface area contributed by atoms with Gasteiger partial charge in [-0.05, 0) is 63.1 Å². The number of aryl methyl sites for hydroxylation is 2. The van der Waals surface area contributed by atoms with Crippen molar-refractivity contribution in [3.05, 3.63) is 58.9 Å². The number of nitrogens with one attached hydrogen (secondary N) is 2. The van der Waals surface area contributed by atoms with Crippen LogP contribution >= 0.6 is 0 Å². The van der Waals surface area contributed by atoms with Gasteiger partial charge in [0.05, 0.1) is 0 Å². The maximum absolute atomic E-state index is 12.6. The zero-order valence-electron chi connectivity index (χ0n) is 15.5. The van der Waals surface area contributed by atoms with Crippen LogP contribution in [0.1, 0.15) is 53.7 Å². The average molecular weight is 350 g/mol. The Morgan fingerprint density at radius 2 is 1.96 bits per heavy atom. The fourth-order valence-electron chi connectivity index (χ4n) is 3.23. The van der Waals surface area contributed by atoms with Gasteiger partial charge < -0.3 is 10.6 Å². The van der Waals surface area contributed by atoms with Crippen LogP contribution < -0.4 is 10.6 Å². The van der Waals surface area contributed by atoms with Gasteiger partial charge in [-0.25, -0.2) is 9.97 Å². The van der Waals surface area contributed by atoms with Gasteiger partial charge in [0.1, 0.15) is 5.69 Å². The number of amides is 1. The summed E-state index contributed by atoms with van der Waals surface area (Å²) in [5.74, 6) is 0.276. The molecule has 1 heterocycles. The Kier molecular flexibility index (Phi) is 6.00. The second-order valence-electron chi connectivity index (χ2n) is 6.77. The lowest BCUT2D eigenvalue weighted by atomic mass is 9.97. The van der Waals surface area contributed by atoms with Gasteiger partial charge in [0.25, 0.3) is 5.91 Å².